The summed E-state index contributed by atoms with van der Waals surface area (Å²) in [6.07, 6.45) is 5.66. The van der Waals surface area contributed by atoms with Crippen LogP contribution in [-0.4, -0.2) is 55.4 Å². The zero-order chi connectivity index (χ0) is 12.0. The van der Waals surface area contributed by atoms with Gasteiger partial charge in [0, 0.05) is 19.0 Å². The standard InChI is InChI=1S/C12H26N4/c1-15(2)10-11-6-5-9-16(11)8-4-3-7-12(13)14/h11H,3-10H2,1-2H3,(H3,13,14). The van der Waals surface area contributed by atoms with Crippen LogP contribution in [0.4, 0.5) is 0 Å². The molecule has 0 bridgehead atoms. The zero-order valence-electron chi connectivity index (χ0n) is 10.7. The number of likely N-dealkylation sites (tertiary alicyclic amines) is 1. The predicted octanol–water partition coefficient (Wildman–Crippen LogP) is 1.12. The van der Waals surface area contributed by atoms with Crippen LogP contribution in [0.2, 0.25) is 0 Å². The van der Waals surface area contributed by atoms with Gasteiger partial charge in [-0.25, -0.2) is 0 Å². The van der Waals surface area contributed by atoms with Crippen LogP contribution in [0.15, 0.2) is 0 Å². The number of nitrogens with one attached hydrogen (secondary N) is 1. The third-order valence-electron chi connectivity index (χ3n) is 3.22. The van der Waals surface area contributed by atoms with Crippen molar-refractivity contribution in [2.45, 2.75) is 38.1 Å². The summed E-state index contributed by atoms with van der Waals surface area (Å²) in [5.41, 5.74) is 5.34. The van der Waals surface area contributed by atoms with Gasteiger partial charge in [-0.3, -0.25) is 10.3 Å². The summed E-state index contributed by atoms with van der Waals surface area (Å²) in [5, 5.41) is 7.17. The fourth-order valence-electron chi connectivity index (χ4n) is 2.45. The fraction of sp³-hybridized carbons (Fsp3) is 0.917. The maximum atomic E-state index is 7.17. The van der Waals surface area contributed by atoms with Crippen molar-refractivity contribution in [1.82, 2.24) is 9.80 Å². The van der Waals surface area contributed by atoms with Crippen molar-refractivity contribution in [3.63, 3.8) is 0 Å². The van der Waals surface area contributed by atoms with E-state index in [9.17, 15) is 0 Å². The lowest BCUT2D eigenvalue weighted by atomic mass is 10.2. The number of nitrogens with zero attached hydrogens (tertiary/aromatic N) is 2. The minimum absolute atomic E-state index is 0.325. The molecule has 1 unspecified atom stereocenters. The van der Waals surface area contributed by atoms with E-state index in [0.717, 1.165) is 18.9 Å². The Balaban J connectivity index is 2.17. The molecule has 1 rings (SSSR count). The van der Waals surface area contributed by atoms with E-state index in [-0.39, 0.29) is 0 Å². The van der Waals surface area contributed by atoms with E-state index < -0.39 is 0 Å². The molecule has 0 aromatic rings. The zero-order valence-corrected chi connectivity index (χ0v) is 10.7. The smallest absolute Gasteiger partial charge is 0.0905 e. The van der Waals surface area contributed by atoms with Crippen LogP contribution >= 0.6 is 0 Å². The van der Waals surface area contributed by atoms with Crippen molar-refractivity contribution in [3.8, 4) is 0 Å². The quantitative estimate of drug-likeness (QED) is 0.388. The van der Waals surface area contributed by atoms with Gasteiger partial charge in [-0.1, -0.05) is 0 Å². The minimum Gasteiger partial charge on any atom is -0.388 e. The Hall–Kier alpha value is -0.610. The third kappa shape index (κ3) is 4.94. The van der Waals surface area contributed by atoms with Gasteiger partial charge in [0.2, 0.25) is 0 Å². The molecule has 0 saturated carbocycles. The van der Waals surface area contributed by atoms with Crippen LogP contribution in [0, 0.1) is 5.41 Å². The predicted molar refractivity (Wildman–Crippen MR) is 68.9 cm³/mol. The first kappa shape index (κ1) is 13.5. The molecule has 1 saturated heterocycles. The molecule has 0 radical (unpaired) electrons. The molecule has 1 atom stereocenters. The van der Waals surface area contributed by atoms with Crippen molar-refractivity contribution < 1.29 is 0 Å². The Morgan fingerprint density at radius 1 is 1.44 bits per heavy atom. The summed E-state index contributed by atoms with van der Waals surface area (Å²) in [7, 11) is 4.29. The van der Waals surface area contributed by atoms with Crippen molar-refractivity contribution >= 4 is 5.84 Å². The Labute approximate surface area is 99.3 Å². The molecule has 0 aliphatic carbocycles. The monoisotopic (exact) mass is 226 g/mol. The molecule has 1 heterocycles. The number of likely N-dealkylation sites (N-methyl/N-ethyl adjacent to an activating group) is 1. The summed E-state index contributed by atoms with van der Waals surface area (Å²) in [5.74, 6) is 0.325. The second-order valence-electron chi connectivity index (χ2n) is 5.08. The molecule has 1 fully saturated rings. The third-order valence-corrected chi connectivity index (χ3v) is 3.22. The Bertz CT molecular complexity index is 215. The van der Waals surface area contributed by atoms with Gasteiger partial charge in [0.05, 0.1) is 5.84 Å². The van der Waals surface area contributed by atoms with E-state index in [2.05, 4.69) is 23.9 Å². The SMILES string of the molecule is CN(C)CC1CCCN1CCCCC(=N)N. The van der Waals surface area contributed by atoms with E-state index >= 15 is 0 Å². The number of unbranched alkanes of at least 4 members (excludes halogenated alkanes) is 1. The van der Waals surface area contributed by atoms with Gasteiger partial charge >= 0.3 is 0 Å². The van der Waals surface area contributed by atoms with Crippen molar-refractivity contribution in [3.05, 3.63) is 0 Å². The molecule has 0 amide bonds. The summed E-state index contributed by atoms with van der Waals surface area (Å²) >= 11 is 0. The number of nitrogens with two attached hydrogens (primary N) is 1. The number of rotatable bonds is 7. The normalized spacial score (nSPS) is 21.8. The molecule has 0 aromatic carbocycles. The molecule has 1 aliphatic heterocycles. The van der Waals surface area contributed by atoms with E-state index in [1.807, 2.05) is 0 Å². The highest BCUT2D eigenvalue weighted by Crippen LogP contribution is 2.18. The summed E-state index contributed by atoms with van der Waals surface area (Å²) in [6, 6.07) is 0.743. The maximum Gasteiger partial charge on any atom is 0.0905 e. The van der Waals surface area contributed by atoms with E-state index in [1.54, 1.807) is 0 Å². The van der Waals surface area contributed by atoms with Crippen LogP contribution in [0.5, 0.6) is 0 Å². The molecule has 0 aromatic heterocycles. The van der Waals surface area contributed by atoms with Crippen LogP contribution in [0.3, 0.4) is 0 Å². The lowest BCUT2D eigenvalue weighted by molar-refractivity contribution is 0.205. The fourth-order valence-corrected chi connectivity index (χ4v) is 2.45. The number of hydrogen-bond acceptors (Lipinski definition) is 3. The van der Waals surface area contributed by atoms with Gasteiger partial charge in [-0.15, -0.1) is 0 Å². The Kier molecular flexibility index (Phi) is 5.77. The topological polar surface area (TPSA) is 56.4 Å². The maximum absolute atomic E-state index is 7.17. The van der Waals surface area contributed by atoms with Crippen LogP contribution in [-0.2, 0) is 0 Å². The van der Waals surface area contributed by atoms with Crippen molar-refractivity contribution in [2.24, 2.45) is 5.73 Å². The molecule has 4 heteroatoms. The van der Waals surface area contributed by atoms with E-state index in [1.165, 1.54) is 38.9 Å². The van der Waals surface area contributed by atoms with Crippen LogP contribution in [0.1, 0.15) is 32.1 Å². The highest BCUT2D eigenvalue weighted by Gasteiger charge is 2.23. The van der Waals surface area contributed by atoms with Crippen molar-refractivity contribution in [1.29, 1.82) is 5.41 Å². The largest absolute Gasteiger partial charge is 0.388 e. The first-order chi connectivity index (χ1) is 7.59. The van der Waals surface area contributed by atoms with Gasteiger partial charge < -0.3 is 10.6 Å². The Morgan fingerprint density at radius 3 is 2.81 bits per heavy atom. The molecular formula is C12H26N4. The summed E-state index contributed by atoms with van der Waals surface area (Å²) in [4.78, 5) is 4.87. The molecule has 1 aliphatic rings. The molecule has 16 heavy (non-hydrogen) atoms. The highest BCUT2D eigenvalue weighted by molar-refractivity contribution is 5.76. The number of hydrogen-bond donors (Lipinski definition) is 2. The summed E-state index contributed by atoms with van der Waals surface area (Å²) in [6.45, 7) is 3.59. The average molecular weight is 226 g/mol. The van der Waals surface area contributed by atoms with E-state index in [0.29, 0.717) is 5.84 Å². The van der Waals surface area contributed by atoms with Gasteiger partial charge in [0.15, 0.2) is 0 Å². The van der Waals surface area contributed by atoms with Crippen molar-refractivity contribution in [2.75, 3.05) is 33.7 Å². The molecule has 0 spiro atoms. The average Bonchev–Trinajstić information content (AvgIpc) is 2.59. The van der Waals surface area contributed by atoms with Crippen LogP contribution in [0.25, 0.3) is 0 Å². The molecule has 4 nitrogen and oxygen atoms in total. The second kappa shape index (κ2) is 6.86. The Morgan fingerprint density at radius 2 is 2.19 bits per heavy atom. The lowest BCUT2D eigenvalue weighted by Crippen LogP contribution is -2.38. The summed E-state index contributed by atoms with van der Waals surface area (Å²) < 4.78 is 0. The minimum atomic E-state index is 0.325. The first-order valence-corrected chi connectivity index (χ1v) is 6.31. The van der Waals surface area contributed by atoms with Gasteiger partial charge in [-0.05, 0) is 52.9 Å². The highest BCUT2D eigenvalue weighted by atomic mass is 15.2. The van der Waals surface area contributed by atoms with E-state index in [4.69, 9.17) is 11.1 Å². The molecule has 3 N–H and O–H groups in total. The molecule has 94 valence electrons. The van der Waals surface area contributed by atoms with Gasteiger partial charge in [-0.2, -0.15) is 0 Å². The van der Waals surface area contributed by atoms with Gasteiger partial charge in [0.1, 0.15) is 0 Å². The molecular weight excluding hydrogens is 200 g/mol. The van der Waals surface area contributed by atoms with Gasteiger partial charge in [0.25, 0.3) is 0 Å². The second-order valence-corrected chi connectivity index (χ2v) is 5.08. The lowest BCUT2D eigenvalue weighted by Gasteiger charge is -2.26. The number of amidine groups is 1. The first-order valence-electron chi connectivity index (χ1n) is 6.31. The van der Waals surface area contributed by atoms with Crippen LogP contribution < -0.4 is 5.73 Å².